The van der Waals surface area contributed by atoms with Crippen molar-refractivity contribution >= 4 is 12.0 Å². The number of Topliss-reactive ketones (excluding diaryl/α,β-unsaturated/α-hetero) is 1. The molecule has 0 aliphatic heterocycles. The van der Waals surface area contributed by atoms with Crippen LogP contribution in [0, 0.1) is 0 Å². The highest BCUT2D eigenvalue weighted by Crippen LogP contribution is 2.02. The van der Waals surface area contributed by atoms with Crippen molar-refractivity contribution in [2.75, 3.05) is 0 Å². The van der Waals surface area contributed by atoms with Gasteiger partial charge in [0.2, 0.25) is 0 Å². The van der Waals surface area contributed by atoms with Crippen molar-refractivity contribution in [1.29, 1.82) is 0 Å². The fourth-order valence-electron chi connectivity index (χ4n) is 0.633. The average Bonchev–Trinajstić information content (AvgIpc) is 2.08. The number of ketones is 1. The summed E-state index contributed by atoms with van der Waals surface area (Å²) in [7, 11) is 0. The maximum atomic E-state index is 10.7. The van der Waals surface area contributed by atoms with E-state index >= 15 is 0 Å². The molecule has 13 heavy (non-hydrogen) atoms. The molecule has 0 unspecified atom stereocenters. The van der Waals surface area contributed by atoms with Crippen molar-refractivity contribution < 1.29 is 4.79 Å². The number of hydrogen-bond acceptors (Lipinski definition) is 3. The first-order valence-electron chi connectivity index (χ1n) is 4.50. The highest BCUT2D eigenvalue weighted by Gasteiger charge is 2.08. The Kier molecular flexibility index (Phi) is 10.2. The van der Waals surface area contributed by atoms with Gasteiger partial charge in [-0.1, -0.05) is 20.4 Å². The first-order chi connectivity index (χ1) is 6.07. The summed E-state index contributed by atoms with van der Waals surface area (Å²) in [5.41, 5.74) is 6.11. The summed E-state index contributed by atoms with van der Waals surface area (Å²) in [5, 5.41) is 0. The van der Waals surface area contributed by atoms with E-state index in [0.29, 0.717) is 12.1 Å². The van der Waals surface area contributed by atoms with Gasteiger partial charge in [-0.2, -0.15) is 0 Å². The molecule has 2 N–H and O–H groups in total. The van der Waals surface area contributed by atoms with Gasteiger partial charge in [-0.15, -0.1) is 0 Å². The van der Waals surface area contributed by atoms with Gasteiger partial charge in [-0.3, -0.25) is 9.79 Å². The molecular weight excluding hydrogens is 164 g/mol. The van der Waals surface area contributed by atoms with Crippen molar-refractivity contribution in [3.05, 3.63) is 12.3 Å². The van der Waals surface area contributed by atoms with Crippen LogP contribution in [0.15, 0.2) is 17.3 Å². The smallest absolute Gasteiger partial charge is 0.146 e. The molecule has 0 aromatic heterocycles. The van der Waals surface area contributed by atoms with E-state index in [1.54, 1.807) is 13.1 Å². The number of aliphatic imine (C=N–C) groups is 1. The van der Waals surface area contributed by atoms with Crippen LogP contribution in [0.2, 0.25) is 0 Å². The SMILES string of the molecule is C=C(C[C@@H](N)C(C)=O)N=CC.CC. The molecule has 0 saturated carbocycles. The lowest BCUT2D eigenvalue weighted by atomic mass is 10.1. The number of hydrogen-bond donors (Lipinski definition) is 1. The summed E-state index contributed by atoms with van der Waals surface area (Å²) in [5.74, 6) is -0.0301. The Morgan fingerprint density at radius 2 is 2.08 bits per heavy atom. The van der Waals surface area contributed by atoms with Crippen molar-refractivity contribution in [2.24, 2.45) is 10.7 Å². The number of carbonyl (C=O) groups is 1. The molecule has 0 spiro atoms. The van der Waals surface area contributed by atoms with Crippen LogP contribution in [0.25, 0.3) is 0 Å². The zero-order valence-corrected chi connectivity index (χ0v) is 9.00. The van der Waals surface area contributed by atoms with E-state index in [0.717, 1.165) is 0 Å². The van der Waals surface area contributed by atoms with E-state index in [4.69, 9.17) is 5.73 Å². The summed E-state index contributed by atoms with van der Waals surface area (Å²) >= 11 is 0. The fraction of sp³-hybridized carbons (Fsp3) is 0.600. The highest BCUT2D eigenvalue weighted by molar-refractivity contribution is 5.81. The molecule has 0 fully saturated rings. The molecule has 0 saturated heterocycles. The third kappa shape index (κ3) is 8.95. The van der Waals surface area contributed by atoms with Gasteiger partial charge < -0.3 is 5.73 Å². The molecule has 0 amide bonds. The molecule has 0 aliphatic rings. The Morgan fingerprint density at radius 3 is 2.38 bits per heavy atom. The molecule has 0 aromatic carbocycles. The molecule has 1 atom stereocenters. The Morgan fingerprint density at radius 1 is 1.62 bits per heavy atom. The molecule has 0 aliphatic carbocycles. The van der Waals surface area contributed by atoms with Crippen LogP contribution in [0.4, 0.5) is 0 Å². The van der Waals surface area contributed by atoms with E-state index in [2.05, 4.69) is 11.6 Å². The van der Waals surface area contributed by atoms with Crippen molar-refractivity contribution in [1.82, 2.24) is 0 Å². The van der Waals surface area contributed by atoms with Gasteiger partial charge in [0.25, 0.3) is 0 Å². The molecule has 0 aromatic rings. The summed E-state index contributed by atoms with van der Waals surface area (Å²) in [6.07, 6.45) is 2.08. The Hall–Kier alpha value is -0.960. The maximum Gasteiger partial charge on any atom is 0.146 e. The summed E-state index contributed by atoms with van der Waals surface area (Å²) in [6.45, 7) is 10.9. The van der Waals surface area contributed by atoms with Crippen LogP contribution in [-0.4, -0.2) is 18.0 Å². The monoisotopic (exact) mass is 184 g/mol. The average molecular weight is 184 g/mol. The quantitative estimate of drug-likeness (QED) is 0.679. The standard InChI is InChI=1S/C8H14N2O.C2H6/c1-4-10-6(2)5-8(9)7(3)11;1-2/h4,8H,2,5,9H2,1,3H3;1-2H3/t8-;/m1./s1. The van der Waals surface area contributed by atoms with Crippen molar-refractivity contribution in [3.8, 4) is 0 Å². The van der Waals surface area contributed by atoms with Gasteiger partial charge in [0.05, 0.1) is 6.04 Å². The fourth-order valence-corrected chi connectivity index (χ4v) is 0.633. The number of nitrogens with zero attached hydrogens (tertiary/aromatic N) is 1. The molecule has 3 nitrogen and oxygen atoms in total. The highest BCUT2D eigenvalue weighted by atomic mass is 16.1. The minimum atomic E-state index is -0.453. The molecule has 0 rings (SSSR count). The molecule has 3 heteroatoms. The van der Waals surface area contributed by atoms with E-state index in [-0.39, 0.29) is 5.78 Å². The van der Waals surface area contributed by atoms with Crippen LogP contribution in [0.1, 0.15) is 34.1 Å². The first kappa shape index (κ1) is 14.6. The Labute approximate surface area is 80.7 Å². The molecule has 76 valence electrons. The molecule has 0 heterocycles. The second-order valence-electron chi connectivity index (χ2n) is 2.37. The van der Waals surface area contributed by atoms with Crippen molar-refractivity contribution in [3.63, 3.8) is 0 Å². The Balaban J connectivity index is 0. The first-order valence-corrected chi connectivity index (χ1v) is 4.50. The zero-order valence-electron chi connectivity index (χ0n) is 9.00. The van der Waals surface area contributed by atoms with Crippen LogP contribution >= 0.6 is 0 Å². The largest absolute Gasteiger partial charge is 0.321 e. The normalized spacial score (nSPS) is 11.8. The van der Waals surface area contributed by atoms with Crippen LogP contribution in [-0.2, 0) is 4.79 Å². The van der Waals surface area contributed by atoms with Crippen molar-refractivity contribution in [2.45, 2.75) is 40.2 Å². The minimum absolute atomic E-state index is 0.0301. The maximum absolute atomic E-state index is 10.7. The number of rotatable bonds is 4. The van der Waals surface area contributed by atoms with Crippen LogP contribution < -0.4 is 5.73 Å². The predicted octanol–water partition coefficient (Wildman–Crippen LogP) is 1.92. The van der Waals surface area contributed by atoms with E-state index in [1.165, 1.54) is 6.92 Å². The molecule has 0 bridgehead atoms. The Bertz CT molecular complexity index is 185. The summed E-state index contributed by atoms with van der Waals surface area (Å²) in [6, 6.07) is -0.453. The second-order valence-corrected chi connectivity index (χ2v) is 2.37. The van der Waals surface area contributed by atoms with Gasteiger partial charge in [-0.25, -0.2) is 0 Å². The lowest BCUT2D eigenvalue weighted by Crippen LogP contribution is -2.28. The molecular formula is C10H20N2O. The zero-order chi connectivity index (χ0) is 10.9. The van der Waals surface area contributed by atoms with Gasteiger partial charge in [0.15, 0.2) is 0 Å². The van der Waals surface area contributed by atoms with Crippen LogP contribution in [0.5, 0.6) is 0 Å². The third-order valence-corrected chi connectivity index (χ3v) is 1.29. The van der Waals surface area contributed by atoms with Gasteiger partial charge in [0, 0.05) is 18.3 Å². The third-order valence-electron chi connectivity index (χ3n) is 1.29. The van der Waals surface area contributed by atoms with E-state index in [1.807, 2.05) is 13.8 Å². The number of nitrogens with two attached hydrogens (primary N) is 1. The summed E-state index contributed by atoms with van der Waals surface area (Å²) < 4.78 is 0. The second kappa shape index (κ2) is 9.13. The number of carbonyl (C=O) groups excluding carboxylic acids is 1. The topological polar surface area (TPSA) is 55.5 Å². The summed E-state index contributed by atoms with van der Waals surface area (Å²) in [4.78, 5) is 14.6. The van der Waals surface area contributed by atoms with Gasteiger partial charge >= 0.3 is 0 Å². The van der Waals surface area contributed by atoms with E-state index in [9.17, 15) is 4.79 Å². The van der Waals surface area contributed by atoms with Gasteiger partial charge in [0.1, 0.15) is 5.78 Å². The van der Waals surface area contributed by atoms with Crippen LogP contribution in [0.3, 0.4) is 0 Å². The van der Waals surface area contributed by atoms with E-state index < -0.39 is 6.04 Å². The lowest BCUT2D eigenvalue weighted by molar-refractivity contribution is -0.118. The predicted molar refractivity (Wildman–Crippen MR) is 57.9 cm³/mol. The lowest BCUT2D eigenvalue weighted by Gasteiger charge is -2.05. The van der Waals surface area contributed by atoms with Gasteiger partial charge in [-0.05, 0) is 13.8 Å². The molecule has 0 radical (unpaired) electrons. The minimum Gasteiger partial charge on any atom is -0.321 e.